The molecule has 20 heavy (non-hydrogen) atoms. The van der Waals surface area contributed by atoms with Gasteiger partial charge >= 0.3 is 11.8 Å². The molecular weight excluding hydrogens is 256 g/mol. The van der Waals surface area contributed by atoms with Crippen LogP contribution in [0.4, 0.5) is 0 Å². The van der Waals surface area contributed by atoms with Gasteiger partial charge < -0.3 is 15.4 Å². The molecule has 2 N–H and O–H groups in total. The lowest BCUT2D eigenvalue weighted by Gasteiger charge is -2.08. The van der Waals surface area contributed by atoms with Gasteiger partial charge in [-0.1, -0.05) is 26.0 Å². The standard InChI is InChI=1S/C15H22N2O3/c1-11(2)8-9-16-14(18)15(19)17-10-12-4-6-13(20-3)7-5-12/h4-7,11H,8-10H2,1-3H3,(H,16,18)(H,17,19). The van der Waals surface area contributed by atoms with Gasteiger partial charge in [-0.25, -0.2) is 0 Å². The summed E-state index contributed by atoms with van der Waals surface area (Å²) in [6.07, 6.45) is 0.859. The summed E-state index contributed by atoms with van der Waals surface area (Å²) in [6, 6.07) is 7.31. The molecule has 0 spiro atoms. The Morgan fingerprint density at radius 1 is 1.10 bits per heavy atom. The highest BCUT2D eigenvalue weighted by molar-refractivity contribution is 6.35. The molecule has 1 aromatic carbocycles. The Morgan fingerprint density at radius 2 is 1.70 bits per heavy atom. The minimum Gasteiger partial charge on any atom is -0.497 e. The minimum atomic E-state index is -0.607. The van der Waals surface area contributed by atoms with Crippen LogP contribution in [0.15, 0.2) is 24.3 Å². The van der Waals surface area contributed by atoms with Crippen molar-refractivity contribution in [3.8, 4) is 5.75 Å². The molecule has 110 valence electrons. The van der Waals surface area contributed by atoms with Gasteiger partial charge in [0.1, 0.15) is 5.75 Å². The summed E-state index contributed by atoms with van der Waals surface area (Å²) in [5.41, 5.74) is 0.911. The molecule has 0 saturated carbocycles. The Hall–Kier alpha value is -2.04. The fourth-order valence-corrected chi connectivity index (χ4v) is 1.56. The highest BCUT2D eigenvalue weighted by atomic mass is 16.5. The summed E-state index contributed by atoms with van der Waals surface area (Å²) < 4.78 is 5.05. The van der Waals surface area contributed by atoms with Crippen LogP contribution in [0.1, 0.15) is 25.8 Å². The summed E-state index contributed by atoms with van der Waals surface area (Å²) >= 11 is 0. The molecule has 1 rings (SSSR count). The van der Waals surface area contributed by atoms with Crippen LogP contribution >= 0.6 is 0 Å². The van der Waals surface area contributed by atoms with E-state index in [1.807, 2.05) is 24.3 Å². The molecule has 0 aromatic heterocycles. The summed E-state index contributed by atoms with van der Waals surface area (Å²) in [5, 5.41) is 5.18. The van der Waals surface area contributed by atoms with E-state index in [1.54, 1.807) is 7.11 Å². The Bertz CT molecular complexity index is 441. The van der Waals surface area contributed by atoms with Crippen LogP contribution in [0.2, 0.25) is 0 Å². The number of hydrogen-bond donors (Lipinski definition) is 2. The second-order valence-corrected chi connectivity index (χ2v) is 4.97. The molecule has 0 fully saturated rings. The number of carbonyl (C=O) groups excluding carboxylic acids is 2. The van der Waals surface area contributed by atoms with Gasteiger partial charge in [0.15, 0.2) is 0 Å². The van der Waals surface area contributed by atoms with Crippen molar-refractivity contribution in [1.29, 1.82) is 0 Å². The van der Waals surface area contributed by atoms with Crippen LogP contribution in [0.3, 0.4) is 0 Å². The quantitative estimate of drug-likeness (QED) is 0.774. The maximum atomic E-state index is 11.6. The maximum absolute atomic E-state index is 11.6. The predicted molar refractivity (Wildman–Crippen MR) is 77.3 cm³/mol. The lowest BCUT2D eigenvalue weighted by atomic mass is 10.1. The predicted octanol–water partition coefficient (Wildman–Crippen LogP) is 1.47. The van der Waals surface area contributed by atoms with E-state index in [2.05, 4.69) is 24.5 Å². The highest BCUT2D eigenvalue weighted by Crippen LogP contribution is 2.10. The zero-order valence-electron chi connectivity index (χ0n) is 12.2. The number of ether oxygens (including phenoxy) is 1. The second-order valence-electron chi connectivity index (χ2n) is 4.97. The number of carbonyl (C=O) groups is 2. The van der Waals surface area contributed by atoms with E-state index in [1.165, 1.54) is 0 Å². The van der Waals surface area contributed by atoms with Crippen LogP contribution in [0.25, 0.3) is 0 Å². The van der Waals surface area contributed by atoms with Gasteiger partial charge in [-0.3, -0.25) is 9.59 Å². The molecule has 0 atom stereocenters. The van der Waals surface area contributed by atoms with E-state index in [9.17, 15) is 9.59 Å². The van der Waals surface area contributed by atoms with Crippen molar-refractivity contribution in [3.63, 3.8) is 0 Å². The Balaban J connectivity index is 2.32. The third-order valence-corrected chi connectivity index (χ3v) is 2.83. The van der Waals surface area contributed by atoms with Gasteiger partial charge in [-0.2, -0.15) is 0 Å². The van der Waals surface area contributed by atoms with E-state index in [0.717, 1.165) is 17.7 Å². The van der Waals surface area contributed by atoms with Gasteiger partial charge in [0.25, 0.3) is 0 Å². The third kappa shape index (κ3) is 5.73. The largest absolute Gasteiger partial charge is 0.497 e. The Kier molecular flexibility index (Phi) is 6.56. The summed E-state index contributed by atoms with van der Waals surface area (Å²) in [7, 11) is 1.60. The fraction of sp³-hybridized carbons (Fsp3) is 0.467. The van der Waals surface area contributed by atoms with Crippen molar-refractivity contribution in [1.82, 2.24) is 10.6 Å². The van der Waals surface area contributed by atoms with Crippen LogP contribution < -0.4 is 15.4 Å². The van der Waals surface area contributed by atoms with Crippen molar-refractivity contribution < 1.29 is 14.3 Å². The fourth-order valence-electron chi connectivity index (χ4n) is 1.56. The van der Waals surface area contributed by atoms with E-state index in [0.29, 0.717) is 19.0 Å². The molecule has 0 radical (unpaired) electrons. The first-order chi connectivity index (χ1) is 9.52. The van der Waals surface area contributed by atoms with Gasteiger partial charge in [-0.05, 0) is 30.0 Å². The maximum Gasteiger partial charge on any atom is 0.309 e. The van der Waals surface area contributed by atoms with Crippen LogP contribution in [-0.2, 0) is 16.1 Å². The average Bonchev–Trinajstić information content (AvgIpc) is 2.44. The first-order valence-electron chi connectivity index (χ1n) is 6.72. The molecule has 0 aliphatic heterocycles. The summed E-state index contributed by atoms with van der Waals surface area (Å²) in [4.78, 5) is 23.1. The first-order valence-corrected chi connectivity index (χ1v) is 6.72. The van der Waals surface area contributed by atoms with Crippen molar-refractivity contribution in [2.24, 2.45) is 5.92 Å². The number of methoxy groups -OCH3 is 1. The lowest BCUT2D eigenvalue weighted by molar-refractivity contribution is -0.139. The summed E-state index contributed by atoms with van der Waals surface area (Å²) in [6.45, 7) is 4.97. The monoisotopic (exact) mass is 278 g/mol. The second kappa shape index (κ2) is 8.19. The van der Waals surface area contributed by atoms with E-state index < -0.39 is 11.8 Å². The zero-order chi connectivity index (χ0) is 15.0. The Labute approximate surface area is 119 Å². The molecule has 0 saturated heterocycles. The Morgan fingerprint density at radius 3 is 2.25 bits per heavy atom. The number of amides is 2. The molecule has 0 aliphatic carbocycles. The van der Waals surface area contributed by atoms with Crippen molar-refractivity contribution in [2.45, 2.75) is 26.8 Å². The molecule has 0 unspecified atom stereocenters. The number of benzene rings is 1. The number of rotatable bonds is 6. The minimum absolute atomic E-state index is 0.320. The molecule has 0 aliphatic rings. The molecule has 5 nitrogen and oxygen atoms in total. The van der Waals surface area contributed by atoms with Crippen LogP contribution in [-0.4, -0.2) is 25.5 Å². The van der Waals surface area contributed by atoms with E-state index >= 15 is 0 Å². The zero-order valence-corrected chi connectivity index (χ0v) is 12.2. The van der Waals surface area contributed by atoms with E-state index in [4.69, 9.17) is 4.74 Å². The van der Waals surface area contributed by atoms with Gasteiger partial charge in [0, 0.05) is 13.1 Å². The SMILES string of the molecule is COc1ccc(CNC(=O)C(=O)NCCC(C)C)cc1. The van der Waals surface area contributed by atoms with Gasteiger partial charge in [-0.15, -0.1) is 0 Å². The normalized spacial score (nSPS) is 10.2. The smallest absolute Gasteiger partial charge is 0.309 e. The topological polar surface area (TPSA) is 67.4 Å². The molecule has 0 heterocycles. The van der Waals surface area contributed by atoms with Gasteiger partial charge in [0.05, 0.1) is 7.11 Å². The number of hydrogen-bond acceptors (Lipinski definition) is 3. The molecule has 2 amide bonds. The van der Waals surface area contributed by atoms with Crippen LogP contribution in [0, 0.1) is 5.92 Å². The lowest BCUT2D eigenvalue weighted by Crippen LogP contribution is -2.40. The molecule has 1 aromatic rings. The number of nitrogens with one attached hydrogen (secondary N) is 2. The molecule has 0 bridgehead atoms. The van der Waals surface area contributed by atoms with Crippen molar-refractivity contribution >= 4 is 11.8 Å². The first kappa shape index (κ1) is 16.0. The van der Waals surface area contributed by atoms with Gasteiger partial charge in [0.2, 0.25) is 0 Å². The highest BCUT2D eigenvalue weighted by Gasteiger charge is 2.12. The molecular formula is C15H22N2O3. The summed E-state index contributed by atoms with van der Waals surface area (Å²) in [5.74, 6) is 0.0629. The van der Waals surface area contributed by atoms with Crippen molar-refractivity contribution in [2.75, 3.05) is 13.7 Å². The molecule has 5 heteroatoms. The van der Waals surface area contributed by atoms with E-state index in [-0.39, 0.29) is 0 Å². The van der Waals surface area contributed by atoms with Crippen LogP contribution in [0.5, 0.6) is 5.75 Å². The average molecular weight is 278 g/mol. The third-order valence-electron chi connectivity index (χ3n) is 2.83. The van der Waals surface area contributed by atoms with Crippen molar-refractivity contribution in [3.05, 3.63) is 29.8 Å².